The molecule has 0 saturated heterocycles. The third-order valence-corrected chi connectivity index (χ3v) is 1.44. The molecule has 5 heteroatoms. The zero-order valence-electron chi connectivity index (χ0n) is 5.40. The molecule has 1 aromatic heterocycles. The van der Waals surface area contributed by atoms with Crippen LogP contribution in [0.25, 0.3) is 0 Å². The lowest BCUT2D eigenvalue weighted by molar-refractivity contribution is 0.793. The number of nitrogens with zero attached hydrogens (tertiary/aromatic N) is 2. The molecule has 2 N–H and O–H groups in total. The van der Waals surface area contributed by atoms with Crippen molar-refractivity contribution in [2.45, 2.75) is 4.90 Å². The van der Waals surface area contributed by atoms with Gasteiger partial charge in [0.25, 0.3) is 0 Å². The van der Waals surface area contributed by atoms with Crippen molar-refractivity contribution in [2.75, 3.05) is 5.73 Å². The maximum atomic E-state index is 10.7. The lowest BCUT2D eigenvalue weighted by atomic mass is 10.6. The van der Waals surface area contributed by atoms with E-state index in [-0.39, 0.29) is 11.5 Å². The van der Waals surface area contributed by atoms with Crippen LogP contribution in [0.15, 0.2) is 15.9 Å². The molecule has 0 aliphatic rings. The molecular weight excluding hydrogens is 150 g/mol. The van der Waals surface area contributed by atoms with Crippen LogP contribution in [0.4, 0.5) is 5.82 Å². The number of rotatable bonds is 0. The predicted octanol–water partition coefficient (Wildman–Crippen LogP) is -0.349. The fourth-order valence-electron chi connectivity index (χ4n) is 0.544. The average Bonchev–Trinajstić information content (AvgIpc) is 1.84. The fraction of sp³-hybridized carbons (Fsp3) is 0.200. The molecule has 1 heterocycles. The number of aromatic nitrogens is 2. The Morgan fingerprint density at radius 3 is 2.90 bits per heavy atom. The Hall–Kier alpha value is -0.970. The zero-order chi connectivity index (χ0) is 7.72. The second-order valence-corrected chi connectivity index (χ2v) is 2.39. The van der Waals surface area contributed by atoms with Crippen molar-refractivity contribution in [1.82, 2.24) is 9.55 Å². The molecule has 0 unspecified atom stereocenters. The number of nitrogens with two attached hydrogens (primary N) is 1. The number of hydrogen-bond acceptors (Lipinski definition) is 4. The van der Waals surface area contributed by atoms with Gasteiger partial charge in [-0.1, -0.05) is 0 Å². The molecule has 0 bridgehead atoms. The third-order valence-electron chi connectivity index (χ3n) is 1.10. The molecule has 0 aliphatic heterocycles. The van der Waals surface area contributed by atoms with E-state index in [9.17, 15) is 4.79 Å². The minimum atomic E-state index is -0.365. The molecule has 0 amide bonds. The van der Waals surface area contributed by atoms with Crippen LogP contribution in [0.1, 0.15) is 0 Å². The highest BCUT2D eigenvalue weighted by Crippen LogP contribution is 2.07. The smallest absolute Gasteiger partial charge is 0.349 e. The lowest BCUT2D eigenvalue weighted by Gasteiger charge is -1.98. The fourth-order valence-corrected chi connectivity index (χ4v) is 0.767. The van der Waals surface area contributed by atoms with Crippen molar-refractivity contribution in [2.24, 2.45) is 7.05 Å². The van der Waals surface area contributed by atoms with Crippen LogP contribution < -0.4 is 11.4 Å². The first-order valence-corrected chi connectivity index (χ1v) is 3.08. The summed E-state index contributed by atoms with van der Waals surface area (Å²) in [6.45, 7) is 0. The van der Waals surface area contributed by atoms with E-state index in [1.54, 1.807) is 7.05 Å². The van der Waals surface area contributed by atoms with Gasteiger partial charge in [-0.25, -0.2) is 4.79 Å². The van der Waals surface area contributed by atoms with Gasteiger partial charge in [0.05, 0.1) is 4.90 Å². The summed E-state index contributed by atoms with van der Waals surface area (Å²) < 4.78 is 1.32. The molecule has 1 aromatic rings. The van der Waals surface area contributed by atoms with Gasteiger partial charge >= 0.3 is 5.69 Å². The SMILES string of the molecule is Cn1cc(S)c(N)nc1=O. The minimum Gasteiger partial charge on any atom is -0.383 e. The topological polar surface area (TPSA) is 60.9 Å². The number of thiol groups is 1. The first-order valence-electron chi connectivity index (χ1n) is 2.63. The second kappa shape index (κ2) is 2.34. The summed E-state index contributed by atoms with van der Waals surface area (Å²) in [6.07, 6.45) is 1.52. The van der Waals surface area contributed by atoms with Gasteiger partial charge in [0.1, 0.15) is 5.82 Å². The summed E-state index contributed by atoms with van der Waals surface area (Å²) >= 11 is 3.97. The van der Waals surface area contributed by atoms with Crippen LogP contribution >= 0.6 is 12.6 Å². The van der Waals surface area contributed by atoms with Gasteiger partial charge in [0.15, 0.2) is 0 Å². The van der Waals surface area contributed by atoms with Gasteiger partial charge in [-0.3, -0.25) is 0 Å². The van der Waals surface area contributed by atoms with Crippen LogP contribution in [-0.4, -0.2) is 9.55 Å². The molecule has 0 aliphatic carbocycles. The summed E-state index contributed by atoms with van der Waals surface area (Å²) in [6, 6.07) is 0. The number of anilines is 1. The van der Waals surface area contributed by atoms with E-state index in [2.05, 4.69) is 17.6 Å². The van der Waals surface area contributed by atoms with Crippen molar-refractivity contribution in [1.29, 1.82) is 0 Å². The van der Waals surface area contributed by atoms with Gasteiger partial charge in [0, 0.05) is 13.2 Å². The Labute approximate surface area is 63.1 Å². The van der Waals surface area contributed by atoms with E-state index in [1.165, 1.54) is 10.8 Å². The molecule has 0 spiro atoms. The highest BCUT2D eigenvalue weighted by Gasteiger charge is 1.97. The summed E-state index contributed by atoms with van der Waals surface area (Å²) in [7, 11) is 1.59. The molecule has 0 saturated carbocycles. The van der Waals surface area contributed by atoms with Gasteiger partial charge in [0.2, 0.25) is 0 Å². The molecule has 54 valence electrons. The number of aryl methyl sites for hydroxylation is 1. The van der Waals surface area contributed by atoms with Crippen molar-refractivity contribution < 1.29 is 0 Å². The highest BCUT2D eigenvalue weighted by atomic mass is 32.1. The molecule has 0 fully saturated rings. The van der Waals surface area contributed by atoms with Gasteiger partial charge < -0.3 is 10.3 Å². The molecule has 0 aromatic carbocycles. The largest absolute Gasteiger partial charge is 0.383 e. The summed E-state index contributed by atoms with van der Waals surface area (Å²) in [5, 5.41) is 0. The van der Waals surface area contributed by atoms with E-state index in [0.717, 1.165) is 0 Å². The lowest BCUT2D eigenvalue weighted by Crippen LogP contribution is -2.20. The van der Waals surface area contributed by atoms with E-state index >= 15 is 0 Å². The van der Waals surface area contributed by atoms with Crippen LogP contribution in [-0.2, 0) is 7.05 Å². The maximum absolute atomic E-state index is 10.7. The molecule has 0 atom stereocenters. The maximum Gasteiger partial charge on any atom is 0.349 e. The number of hydrogen-bond donors (Lipinski definition) is 2. The molecule has 0 radical (unpaired) electrons. The summed E-state index contributed by atoms with van der Waals surface area (Å²) in [5.41, 5.74) is 4.92. The summed E-state index contributed by atoms with van der Waals surface area (Å²) in [5.74, 6) is 0.173. The van der Waals surface area contributed by atoms with Crippen molar-refractivity contribution in [3.63, 3.8) is 0 Å². The molecule has 4 nitrogen and oxygen atoms in total. The first-order chi connectivity index (χ1) is 4.61. The van der Waals surface area contributed by atoms with Crippen LogP contribution in [0.3, 0.4) is 0 Å². The highest BCUT2D eigenvalue weighted by molar-refractivity contribution is 7.80. The quantitative estimate of drug-likeness (QED) is 0.506. The summed E-state index contributed by atoms with van der Waals surface area (Å²) in [4.78, 5) is 14.7. The Balaban J connectivity index is 3.43. The molecule has 1 rings (SSSR count). The van der Waals surface area contributed by atoms with Crippen LogP contribution in [0.2, 0.25) is 0 Å². The molecule has 10 heavy (non-hydrogen) atoms. The van der Waals surface area contributed by atoms with Crippen LogP contribution in [0.5, 0.6) is 0 Å². The van der Waals surface area contributed by atoms with Crippen LogP contribution in [0, 0.1) is 0 Å². The Morgan fingerprint density at radius 2 is 2.40 bits per heavy atom. The minimum absolute atomic E-state index is 0.173. The van der Waals surface area contributed by atoms with Crippen molar-refractivity contribution >= 4 is 18.4 Å². The van der Waals surface area contributed by atoms with E-state index in [1.807, 2.05) is 0 Å². The third kappa shape index (κ3) is 1.13. The first kappa shape index (κ1) is 7.14. The molecular formula is C5H7N3OS. The van der Waals surface area contributed by atoms with Crippen molar-refractivity contribution in [3.8, 4) is 0 Å². The normalized spacial score (nSPS) is 9.80. The van der Waals surface area contributed by atoms with Crippen molar-refractivity contribution in [3.05, 3.63) is 16.7 Å². The monoisotopic (exact) mass is 157 g/mol. The van der Waals surface area contributed by atoms with E-state index in [4.69, 9.17) is 5.73 Å². The zero-order valence-corrected chi connectivity index (χ0v) is 6.30. The predicted molar refractivity (Wildman–Crippen MR) is 41.1 cm³/mol. The Bertz CT molecular complexity index is 306. The Morgan fingerprint density at radius 1 is 1.80 bits per heavy atom. The van der Waals surface area contributed by atoms with Gasteiger partial charge in [-0.05, 0) is 0 Å². The van der Waals surface area contributed by atoms with E-state index < -0.39 is 0 Å². The Kier molecular flexibility index (Phi) is 1.67. The second-order valence-electron chi connectivity index (χ2n) is 1.90. The standard InChI is InChI=1S/C5H7N3OS/c1-8-2-3(10)4(6)7-5(8)9/h2,10H,1H3,(H2,6,7,9). The van der Waals surface area contributed by atoms with Gasteiger partial charge in [-0.15, -0.1) is 12.6 Å². The van der Waals surface area contributed by atoms with E-state index in [0.29, 0.717) is 4.90 Å². The van der Waals surface area contributed by atoms with Gasteiger partial charge in [-0.2, -0.15) is 4.98 Å². The number of nitrogen functional groups attached to an aromatic ring is 1. The average molecular weight is 157 g/mol.